The van der Waals surface area contributed by atoms with E-state index < -0.39 is 26.6 Å². The topological polar surface area (TPSA) is 108 Å². The highest BCUT2D eigenvalue weighted by molar-refractivity contribution is 7.45. The van der Waals surface area contributed by atoms with Gasteiger partial charge in [0.25, 0.3) is 7.82 Å². The Morgan fingerprint density at radius 2 is 0.954 bits per heavy atom. The van der Waals surface area contributed by atoms with Gasteiger partial charge in [-0.2, -0.15) is 0 Å². The van der Waals surface area contributed by atoms with Gasteiger partial charge in [-0.3, -0.25) is 9.36 Å². The van der Waals surface area contributed by atoms with E-state index in [2.05, 4.69) is 153 Å². The first kappa shape index (κ1) is 61.4. The number of quaternary nitrogens is 1. The van der Waals surface area contributed by atoms with Crippen molar-refractivity contribution in [3.8, 4) is 0 Å². The number of nitrogens with zero attached hydrogens (tertiary/aromatic N) is 1. The average molecular weight is 919 g/mol. The summed E-state index contributed by atoms with van der Waals surface area (Å²) in [5, 5.41) is 13.6. The highest BCUT2D eigenvalue weighted by atomic mass is 31.2. The second-order valence-corrected chi connectivity index (χ2v) is 18.5. The number of carbonyl (C=O) groups is 1. The Bertz CT molecular complexity index is 1560. The minimum Gasteiger partial charge on any atom is -0.756 e. The number of phosphoric ester groups is 1. The van der Waals surface area contributed by atoms with E-state index in [9.17, 15) is 19.4 Å². The molecule has 0 saturated heterocycles. The number of likely N-dealkylation sites (N-methyl/N-ethyl adjacent to an activating group) is 1. The predicted molar refractivity (Wildman–Crippen MR) is 278 cm³/mol. The van der Waals surface area contributed by atoms with E-state index in [0.29, 0.717) is 23.9 Å². The van der Waals surface area contributed by atoms with Crippen molar-refractivity contribution >= 4 is 13.7 Å². The molecule has 0 saturated carbocycles. The van der Waals surface area contributed by atoms with Crippen LogP contribution >= 0.6 is 7.82 Å². The van der Waals surface area contributed by atoms with Gasteiger partial charge in [-0.25, -0.2) is 0 Å². The van der Waals surface area contributed by atoms with Crippen molar-refractivity contribution in [1.82, 2.24) is 5.32 Å². The molecule has 3 atom stereocenters. The lowest BCUT2D eigenvalue weighted by atomic mass is 10.1. The maximum absolute atomic E-state index is 12.8. The van der Waals surface area contributed by atoms with Crippen molar-refractivity contribution in [2.45, 2.75) is 161 Å². The number of aliphatic hydroxyl groups is 1. The van der Waals surface area contributed by atoms with Gasteiger partial charge >= 0.3 is 0 Å². The quantitative estimate of drug-likeness (QED) is 0.0273. The van der Waals surface area contributed by atoms with Crippen LogP contribution in [0.2, 0.25) is 0 Å². The molecule has 366 valence electrons. The molecule has 9 heteroatoms. The van der Waals surface area contributed by atoms with Gasteiger partial charge < -0.3 is 28.8 Å². The first-order chi connectivity index (χ1) is 31.5. The molecule has 0 aliphatic heterocycles. The molecular formula is C56H91N2O6P. The molecule has 0 aromatic carbocycles. The van der Waals surface area contributed by atoms with E-state index in [1.54, 1.807) is 6.08 Å². The molecule has 2 N–H and O–H groups in total. The zero-order valence-electron chi connectivity index (χ0n) is 41.4. The fourth-order valence-corrected chi connectivity index (χ4v) is 6.61. The summed E-state index contributed by atoms with van der Waals surface area (Å²) in [6, 6.07) is -0.925. The summed E-state index contributed by atoms with van der Waals surface area (Å²) >= 11 is 0. The van der Waals surface area contributed by atoms with Gasteiger partial charge in [-0.15, -0.1) is 0 Å². The molecule has 0 aliphatic carbocycles. The fourth-order valence-electron chi connectivity index (χ4n) is 5.88. The molecule has 8 nitrogen and oxygen atoms in total. The predicted octanol–water partition coefficient (Wildman–Crippen LogP) is 13.9. The number of hydrogen-bond donors (Lipinski definition) is 2. The van der Waals surface area contributed by atoms with Crippen molar-refractivity contribution in [2.24, 2.45) is 0 Å². The zero-order chi connectivity index (χ0) is 47.8. The molecular weight excluding hydrogens is 828 g/mol. The number of amides is 1. The lowest BCUT2D eigenvalue weighted by Gasteiger charge is -2.29. The number of hydrogen-bond acceptors (Lipinski definition) is 6. The number of rotatable bonds is 42. The lowest BCUT2D eigenvalue weighted by molar-refractivity contribution is -0.870. The summed E-state index contributed by atoms with van der Waals surface area (Å²) in [5.74, 6) is -0.244. The third-order valence-electron chi connectivity index (χ3n) is 9.78. The molecule has 3 unspecified atom stereocenters. The van der Waals surface area contributed by atoms with E-state index >= 15 is 0 Å². The molecule has 0 aromatic rings. The van der Waals surface area contributed by atoms with E-state index in [1.807, 2.05) is 27.2 Å². The molecule has 0 aliphatic rings. The summed E-state index contributed by atoms with van der Waals surface area (Å²) in [6.45, 7) is 4.37. The maximum Gasteiger partial charge on any atom is 0.268 e. The van der Waals surface area contributed by atoms with E-state index in [0.717, 1.165) is 122 Å². The Morgan fingerprint density at radius 1 is 0.554 bits per heavy atom. The Kier molecular flexibility index (Phi) is 43.0. The Morgan fingerprint density at radius 3 is 1.42 bits per heavy atom. The summed E-state index contributed by atoms with van der Waals surface area (Å²) in [5.41, 5.74) is 0. The summed E-state index contributed by atoms with van der Waals surface area (Å²) < 4.78 is 23.1. The van der Waals surface area contributed by atoms with Crippen LogP contribution < -0.4 is 10.2 Å². The van der Waals surface area contributed by atoms with Crippen LogP contribution in [0.4, 0.5) is 0 Å². The molecule has 0 fully saturated rings. The second-order valence-electron chi connectivity index (χ2n) is 17.1. The van der Waals surface area contributed by atoms with Gasteiger partial charge in [0, 0.05) is 6.42 Å². The molecule has 0 aromatic heterocycles. The van der Waals surface area contributed by atoms with Gasteiger partial charge in [-0.05, 0) is 103 Å². The van der Waals surface area contributed by atoms with Gasteiger partial charge in [0.05, 0.1) is 39.9 Å². The number of unbranched alkanes of at least 4 members (excludes halogenated alkanes) is 7. The normalized spacial score (nSPS) is 15.4. The highest BCUT2D eigenvalue weighted by Gasteiger charge is 2.23. The minimum absolute atomic E-state index is 0.0209. The van der Waals surface area contributed by atoms with E-state index in [1.165, 1.54) is 0 Å². The van der Waals surface area contributed by atoms with Gasteiger partial charge in [0.2, 0.25) is 5.91 Å². The van der Waals surface area contributed by atoms with Crippen molar-refractivity contribution in [2.75, 3.05) is 40.9 Å². The van der Waals surface area contributed by atoms with Crippen LogP contribution in [0.25, 0.3) is 0 Å². The summed E-state index contributed by atoms with van der Waals surface area (Å²) in [6.07, 6.45) is 70.8. The van der Waals surface area contributed by atoms with Crippen LogP contribution in [0.15, 0.2) is 146 Å². The van der Waals surface area contributed by atoms with Crippen molar-refractivity contribution in [3.05, 3.63) is 146 Å². The zero-order valence-corrected chi connectivity index (χ0v) is 42.3. The highest BCUT2D eigenvalue weighted by Crippen LogP contribution is 2.38. The fraction of sp³-hybridized carbons (Fsp3) is 0.554. The number of carbonyl (C=O) groups excluding carboxylic acids is 1. The van der Waals surface area contributed by atoms with Crippen LogP contribution in [-0.4, -0.2) is 68.5 Å². The number of phosphoric acid groups is 1. The van der Waals surface area contributed by atoms with Crippen LogP contribution in [0, 0.1) is 0 Å². The van der Waals surface area contributed by atoms with Crippen LogP contribution in [0.3, 0.4) is 0 Å². The van der Waals surface area contributed by atoms with Gasteiger partial charge in [0.1, 0.15) is 13.2 Å². The second kappa shape index (κ2) is 45.5. The minimum atomic E-state index is -4.61. The third-order valence-corrected chi connectivity index (χ3v) is 10.7. The van der Waals surface area contributed by atoms with Crippen molar-refractivity contribution in [1.29, 1.82) is 0 Å². The molecule has 0 heterocycles. The Hall–Kier alpha value is -3.62. The van der Waals surface area contributed by atoms with E-state index in [4.69, 9.17) is 9.05 Å². The van der Waals surface area contributed by atoms with Crippen molar-refractivity contribution in [3.63, 3.8) is 0 Å². The smallest absolute Gasteiger partial charge is 0.268 e. The Balaban J connectivity index is 4.21. The molecule has 0 bridgehead atoms. The number of allylic oxidation sites excluding steroid dienone is 23. The summed E-state index contributed by atoms with van der Waals surface area (Å²) in [4.78, 5) is 25.2. The van der Waals surface area contributed by atoms with E-state index in [-0.39, 0.29) is 12.5 Å². The summed E-state index contributed by atoms with van der Waals surface area (Å²) in [7, 11) is 1.19. The van der Waals surface area contributed by atoms with Gasteiger partial charge in [0.15, 0.2) is 0 Å². The SMILES string of the molecule is CC/C=C\C/C=C\C/C=C\C/C=C\C/C=C\C/C=C\C/C=C\C/C=C\C/C=C\C/C=C\CCCCCCC(=O)NC(COP(=O)([O-])OCC[N+](C)(C)C)C(O)/C=C/CC/C=C/CCCC. The molecule has 0 spiro atoms. The molecule has 0 radical (unpaired) electrons. The van der Waals surface area contributed by atoms with Crippen molar-refractivity contribution < 1.29 is 32.9 Å². The van der Waals surface area contributed by atoms with Crippen LogP contribution in [-0.2, 0) is 18.4 Å². The first-order valence-corrected chi connectivity index (χ1v) is 26.2. The number of nitrogens with one attached hydrogen (secondary N) is 1. The Labute approximate surface area is 398 Å². The standard InChI is InChI=1S/C56H91N2O6P/c1-6-8-10-12-14-16-17-18-19-20-21-22-23-24-25-26-27-28-29-30-31-32-33-34-35-36-37-38-39-40-41-42-44-46-48-50-56(60)57-54(53-64-65(61,62)63-52-51-58(3,4)5)55(59)49-47-45-43-15-13-11-9-7-2/h8,10,13-16,18-19,21-22,24-25,27-28,30-31,33-34,36-37,39-40,47,49,54-55,59H,6-7,9,11-12,17,20,23,26,29,32,35,38,41-46,48,50-53H2,1-5H3,(H-,57,60,61,62)/b10-8-,15-13+,16-14-,19-18-,22-21-,25-24-,28-27-,31-30-,34-33-,37-36-,40-39-,49-47+. The maximum atomic E-state index is 12.8. The lowest BCUT2D eigenvalue weighted by Crippen LogP contribution is -2.45. The third kappa shape index (κ3) is 48.1. The van der Waals surface area contributed by atoms with Crippen LogP contribution in [0.5, 0.6) is 0 Å². The van der Waals surface area contributed by atoms with Gasteiger partial charge in [-0.1, -0.05) is 185 Å². The molecule has 1 amide bonds. The first-order valence-electron chi connectivity index (χ1n) is 24.7. The largest absolute Gasteiger partial charge is 0.756 e. The number of aliphatic hydroxyl groups excluding tert-OH is 1. The monoisotopic (exact) mass is 919 g/mol. The van der Waals surface area contributed by atoms with Crippen LogP contribution in [0.1, 0.15) is 149 Å². The molecule has 65 heavy (non-hydrogen) atoms. The average Bonchev–Trinajstić information content (AvgIpc) is 3.26. The molecule has 0 rings (SSSR count).